The van der Waals surface area contributed by atoms with E-state index < -0.39 is 28.0 Å². The van der Waals surface area contributed by atoms with E-state index >= 15 is 0 Å². The van der Waals surface area contributed by atoms with Crippen molar-refractivity contribution in [3.63, 3.8) is 0 Å². The highest BCUT2D eigenvalue weighted by Gasteiger charge is 2.39. The van der Waals surface area contributed by atoms with E-state index in [9.17, 15) is 9.66 Å². The fourth-order valence-electron chi connectivity index (χ4n) is 4.27. The number of halogens is 1. The summed E-state index contributed by atoms with van der Waals surface area (Å²) in [7, 11) is -1.93. The van der Waals surface area contributed by atoms with Gasteiger partial charge in [-0.05, 0) is 104 Å². The van der Waals surface area contributed by atoms with Crippen LogP contribution in [0.5, 0.6) is 5.75 Å². The van der Waals surface area contributed by atoms with Crippen LogP contribution in [0.1, 0.15) is 72.7 Å². The third kappa shape index (κ3) is 7.62. The molecule has 0 aliphatic heterocycles. The van der Waals surface area contributed by atoms with E-state index in [1.807, 2.05) is 63.2 Å². The summed E-state index contributed by atoms with van der Waals surface area (Å²) in [6, 6.07) is 15.4. The molecule has 0 aliphatic carbocycles. The molecule has 4 rings (SSSR count). The van der Waals surface area contributed by atoms with Gasteiger partial charge in [-0.1, -0.05) is 46.2 Å². The molecule has 0 aliphatic rings. The van der Waals surface area contributed by atoms with Crippen molar-refractivity contribution in [1.82, 2.24) is 24.5 Å². The summed E-state index contributed by atoms with van der Waals surface area (Å²) in [5, 5.41) is 16.3. The zero-order chi connectivity index (χ0) is 31.8. The van der Waals surface area contributed by atoms with Crippen molar-refractivity contribution in [2.75, 3.05) is 0 Å². The van der Waals surface area contributed by atoms with Crippen molar-refractivity contribution in [2.45, 2.75) is 94.3 Å². The molecule has 43 heavy (non-hydrogen) atoms. The van der Waals surface area contributed by atoms with Crippen LogP contribution in [0.25, 0.3) is 28.0 Å². The zero-order valence-electron chi connectivity index (χ0n) is 26.7. The minimum absolute atomic E-state index is 0.106. The summed E-state index contributed by atoms with van der Waals surface area (Å²) >= 11 is 1.06. The predicted molar refractivity (Wildman–Crippen MR) is 187 cm³/mol. The molecule has 2 N–H and O–H groups in total. The molecule has 0 unspecified atom stereocenters. The normalized spacial score (nSPS) is 15.0. The van der Waals surface area contributed by atoms with Crippen molar-refractivity contribution < 1.29 is 14.1 Å². The fraction of sp³-hybridized carbons (Fsp3) is 0.469. The first-order chi connectivity index (χ1) is 19.9. The van der Waals surface area contributed by atoms with E-state index in [1.165, 1.54) is 0 Å². The highest BCUT2D eigenvalue weighted by molar-refractivity contribution is 14.1. The molecule has 4 aromatic rings. The molecule has 2 atom stereocenters. The second kappa shape index (κ2) is 12.8. The van der Waals surface area contributed by atoms with Crippen LogP contribution in [0.4, 0.5) is 0 Å². The van der Waals surface area contributed by atoms with E-state index in [2.05, 4.69) is 73.2 Å². The van der Waals surface area contributed by atoms with E-state index in [0.29, 0.717) is 23.5 Å². The summed E-state index contributed by atoms with van der Waals surface area (Å²) in [6.07, 6.45) is 3.30. The molecule has 3 aromatic heterocycles. The lowest BCUT2D eigenvalue weighted by atomic mass is 10.1. The Balaban J connectivity index is 1.71. The first-order valence-corrected chi connectivity index (χ1v) is 19.8. The Bertz CT molecular complexity index is 1580. The predicted octanol–water partition coefficient (Wildman–Crippen LogP) is 8.15. The van der Waals surface area contributed by atoms with Crippen LogP contribution in [-0.2, 0) is 25.9 Å². The minimum Gasteiger partial charge on any atom is -0.598 e. The third-order valence-corrected chi connectivity index (χ3v) is 15.8. The number of hydrogen-bond donors (Lipinski definition) is 2. The van der Waals surface area contributed by atoms with Crippen LogP contribution in [0.3, 0.4) is 0 Å². The molecule has 8 nitrogen and oxygen atoms in total. The fourth-order valence-corrected chi connectivity index (χ4v) is 7.46. The van der Waals surface area contributed by atoms with Crippen LogP contribution in [0.15, 0.2) is 54.7 Å². The molecule has 11 heteroatoms. The summed E-state index contributed by atoms with van der Waals surface area (Å²) in [5.74, 6) is 0.761. The number of fused-ring (bicyclic) bond motifs is 1. The van der Waals surface area contributed by atoms with E-state index in [1.54, 1.807) is 16.9 Å². The van der Waals surface area contributed by atoms with Gasteiger partial charge in [0, 0.05) is 16.9 Å². The lowest BCUT2D eigenvalue weighted by Gasteiger charge is -2.36. The standard InChI is InChI=1S/C32H44IN5O3SSi/c1-10-17-32(33,37-42(40)30(2,3)4)28-15-12-14-25(36-28)22-18-26-24(27(39)19-22)20-34-38(26)29-16-11-13-23(35-29)21-41-43(8,9)31(5,6)7/h11-16,18-20,37,39H,10,17,21H2,1-9H3/t32-,42-/m1/s1. The van der Waals surface area contributed by atoms with Gasteiger partial charge in [-0.3, -0.25) is 0 Å². The summed E-state index contributed by atoms with van der Waals surface area (Å²) in [5.41, 5.74) is 3.79. The second-order valence-electron chi connectivity index (χ2n) is 13.5. The third-order valence-electron chi connectivity index (χ3n) is 7.92. The molecule has 0 saturated carbocycles. The molecule has 0 amide bonds. The lowest BCUT2D eigenvalue weighted by Crippen LogP contribution is -2.48. The average Bonchev–Trinajstić information content (AvgIpc) is 3.36. The van der Waals surface area contributed by atoms with Crippen molar-refractivity contribution in [2.24, 2.45) is 0 Å². The highest BCUT2D eigenvalue weighted by atomic mass is 127. The Hall–Kier alpha value is -2.03. The molecule has 0 radical (unpaired) electrons. The van der Waals surface area contributed by atoms with Gasteiger partial charge in [0.15, 0.2) is 17.7 Å². The van der Waals surface area contributed by atoms with Gasteiger partial charge in [0.1, 0.15) is 10.5 Å². The Labute approximate surface area is 273 Å². The molecular formula is C32H44IN5O3SSi. The van der Waals surface area contributed by atoms with Gasteiger partial charge in [0.05, 0.1) is 40.8 Å². The van der Waals surface area contributed by atoms with E-state index in [-0.39, 0.29) is 10.8 Å². The number of aromatic hydroxyl groups is 1. The van der Waals surface area contributed by atoms with Crippen LogP contribution in [0.2, 0.25) is 18.1 Å². The maximum atomic E-state index is 13.1. The van der Waals surface area contributed by atoms with Crippen LogP contribution in [0, 0.1) is 0 Å². The van der Waals surface area contributed by atoms with Gasteiger partial charge in [-0.15, -0.1) is 4.72 Å². The molecular weight excluding hydrogens is 689 g/mol. The van der Waals surface area contributed by atoms with Crippen LogP contribution >= 0.6 is 22.6 Å². The quantitative estimate of drug-likeness (QED) is 0.0557. The molecule has 1 aromatic carbocycles. The molecule has 0 bridgehead atoms. The van der Waals surface area contributed by atoms with Crippen LogP contribution in [-0.4, -0.2) is 42.5 Å². The molecule has 3 heterocycles. The topological polar surface area (TPSA) is 108 Å². The summed E-state index contributed by atoms with van der Waals surface area (Å²) in [4.78, 5) is 9.87. The molecule has 0 spiro atoms. The zero-order valence-corrected chi connectivity index (χ0v) is 30.6. The van der Waals surface area contributed by atoms with Crippen molar-refractivity contribution >= 4 is 53.2 Å². The number of pyridine rings is 2. The van der Waals surface area contributed by atoms with Gasteiger partial charge in [-0.25, -0.2) is 14.6 Å². The summed E-state index contributed by atoms with van der Waals surface area (Å²) < 4.78 is 23.5. The Morgan fingerprint density at radius 2 is 1.74 bits per heavy atom. The van der Waals surface area contributed by atoms with Gasteiger partial charge in [-0.2, -0.15) is 5.10 Å². The van der Waals surface area contributed by atoms with Crippen LogP contribution < -0.4 is 4.72 Å². The summed E-state index contributed by atoms with van der Waals surface area (Å²) in [6.45, 7) is 19.5. The monoisotopic (exact) mass is 733 g/mol. The number of hydrogen-bond acceptors (Lipinski definition) is 7. The lowest BCUT2D eigenvalue weighted by molar-refractivity contribution is 0.272. The van der Waals surface area contributed by atoms with Crippen molar-refractivity contribution in [1.29, 1.82) is 0 Å². The highest BCUT2D eigenvalue weighted by Crippen LogP contribution is 2.39. The molecule has 0 fully saturated rings. The SMILES string of the molecule is CCC[C@@](I)(N[S@+]([O-])C(C)(C)C)c1cccc(-c2cc(O)c3cnn(-c4cccc(CO[Si](C)(C)C(C)(C)C)n4)c3c2)n1. The maximum absolute atomic E-state index is 13.1. The number of nitrogens with one attached hydrogen (secondary N) is 1. The second-order valence-corrected chi connectivity index (χ2v) is 22.1. The molecule has 0 saturated heterocycles. The Kier molecular flexibility index (Phi) is 10.0. The number of alkyl halides is 1. The smallest absolute Gasteiger partial charge is 0.192 e. The number of phenolic OH excluding ortho intramolecular Hbond substituents is 1. The first kappa shape index (κ1) is 33.9. The van der Waals surface area contributed by atoms with Crippen molar-refractivity contribution in [3.8, 4) is 22.8 Å². The first-order valence-electron chi connectivity index (χ1n) is 14.6. The van der Waals surface area contributed by atoms with Gasteiger partial charge in [0.25, 0.3) is 0 Å². The van der Waals surface area contributed by atoms with E-state index in [0.717, 1.165) is 35.3 Å². The number of rotatable bonds is 10. The van der Waals surface area contributed by atoms with Crippen molar-refractivity contribution in [3.05, 3.63) is 66.1 Å². The Morgan fingerprint density at radius 1 is 1.05 bits per heavy atom. The maximum Gasteiger partial charge on any atom is 0.192 e. The van der Waals surface area contributed by atoms with Gasteiger partial charge >= 0.3 is 0 Å². The molecule has 232 valence electrons. The number of phenols is 1. The largest absolute Gasteiger partial charge is 0.598 e. The number of aromatic nitrogens is 4. The van der Waals surface area contributed by atoms with E-state index in [4.69, 9.17) is 14.4 Å². The average molecular weight is 734 g/mol. The van der Waals surface area contributed by atoms with Gasteiger partial charge in [0.2, 0.25) is 0 Å². The Morgan fingerprint density at radius 3 is 2.40 bits per heavy atom. The number of benzene rings is 1. The number of nitrogens with zero attached hydrogens (tertiary/aromatic N) is 4. The van der Waals surface area contributed by atoms with Gasteiger partial charge < -0.3 is 14.1 Å². The minimum atomic E-state index is -1.93.